The molecule has 1 amide bonds. The summed E-state index contributed by atoms with van der Waals surface area (Å²) in [6, 6.07) is 8.10. The van der Waals surface area contributed by atoms with E-state index in [0.717, 1.165) is 31.7 Å². The number of piperidine rings is 1. The highest BCUT2D eigenvalue weighted by molar-refractivity contribution is 5.93. The number of amides is 1. The first-order valence-corrected chi connectivity index (χ1v) is 8.43. The fourth-order valence-electron chi connectivity index (χ4n) is 2.93. The number of nitrogens with two attached hydrogens (primary N) is 2. The minimum atomic E-state index is 0.346. The molecule has 1 aliphatic heterocycles. The smallest absolute Gasteiger partial charge is 0.211 e. The van der Waals surface area contributed by atoms with Gasteiger partial charge in [-0.15, -0.1) is 0 Å². The summed E-state index contributed by atoms with van der Waals surface area (Å²) in [5.74, 6) is 0.999. The van der Waals surface area contributed by atoms with Crippen molar-refractivity contribution in [2.75, 3.05) is 26.2 Å². The van der Waals surface area contributed by atoms with Crippen molar-refractivity contribution >= 4 is 17.9 Å². The Labute approximate surface area is 143 Å². The predicted molar refractivity (Wildman–Crippen MR) is 98.0 cm³/mol. The van der Waals surface area contributed by atoms with Crippen LogP contribution in [-0.2, 0) is 11.2 Å². The van der Waals surface area contributed by atoms with Crippen LogP contribution < -0.4 is 16.8 Å². The number of carbonyl (C=O) groups excluding carboxylic acids is 1. The summed E-state index contributed by atoms with van der Waals surface area (Å²) < 4.78 is 0. The Morgan fingerprint density at radius 2 is 2.17 bits per heavy atom. The Hall–Kier alpha value is -2.18. The standard InChI is InChI=1S/C18H27N5O/c19-12-16-2-1-10-23(13-16)11-8-15-3-5-17(6-4-15)22-18(20)7-9-21-14-24/h3-7,9,14,16H,1-2,8,10-13,19H2,(H2,20,22)(H,21,24)/b9-7-. The van der Waals surface area contributed by atoms with Crippen LogP contribution in [0.1, 0.15) is 18.4 Å². The Morgan fingerprint density at radius 3 is 2.88 bits per heavy atom. The molecule has 6 nitrogen and oxygen atoms in total. The van der Waals surface area contributed by atoms with Gasteiger partial charge in [0.1, 0.15) is 5.84 Å². The third kappa shape index (κ3) is 6.14. The summed E-state index contributed by atoms with van der Waals surface area (Å²) in [4.78, 5) is 16.9. The van der Waals surface area contributed by atoms with Crippen molar-refractivity contribution in [3.05, 3.63) is 42.1 Å². The maximum Gasteiger partial charge on any atom is 0.211 e. The van der Waals surface area contributed by atoms with Gasteiger partial charge in [-0.2, -0.15) is 0 Å². The molecular formula is C18H27N5O. The van der Waals surface area contributed by atoms with Crippen molar-refractivity contribution in [1.29, 1.82) is 0 Å². The maximum atomic E-state index is 10.1. The fraction of sp³-hybridized carbons (Fsp3) is 0.444. The molecule has 1 heterocycles. The third-order valence-corrected chi connectivity index (χ3v) is 4.27. The average molecular weight is 329 g/mol. The van der Waals surface area contributed by atoms with Crippen LogP contribution in [0.25, 0.3) is 0 Å². The van der Waals surface area contributed by atoms with Gasteiger partial charge < -0.3 is 21.7 Å². The summed E-state index contributed by atoms with van der Waals surface area (Å²) in [6.45, 7) is 4.16. The second-order valence-corrected chi connectivity index (χ2v) is 6.12. The quantitative estimate of drug-likeness (QED) is 0.379. The van der Waals surface area contributed by atoms with Crippen molar-refractivity contribution in [3.63, 3.8) is 0 Å². The molecule has 0 aliphatic carbocycles. The van der Waals surface area contributed by atoms with E-state index in [9.17, 15) is 4.79 Å². The highest BCUT2D eigenvalue weighted by Crippen LogP contribution is 2.17. The van der Waals surface area contributed by atoms with E-state index >= 15 is 0 Å². The van der Waals surface area contributed by atoms with Gasteiger partial charge in [0.05, 0.1) is 5.69 Å². The van der Waals surface area contributed by atoms with E-state index < -0.39 is 0 Å². The first kappa shape index (κ1) is 18.2. The second-order valence-electron chi connectivity index (χ2n) is 6.12. The topological polar surface area (TPSA) is 96.7 Å². The van der Waals surface area contributed by atoms with Gasteiger partial charge in [-0.3, -0.25) is 4.79 Å². The van der Waals surface area contributed by atoms with Crippen molar-refractivity contribution < 1.29 is 4.79 Å². The molecule has 1 saturated heterocycles. The number of rotatable bonds is 8. The molecule has 1 aliphatic rings. The number of likely N-dealkylation sites (tertiary alicyclic amines) is 1. The zero-order chi connectivity index (χ0) is 17.2. The largest absolute Gasteiger partial charge is 0.384 e. The van der Waals surface area contributed by atoms with Gasteiger partial charge >= 0.3 is 0 Å². The molecule has 2 rings (SSSR count). The number of benzene rings is 1. The Bertz CT molecular complexity index is 567. The molecule has 130 valence electrons. The van der Waals surface area contributed by atoms with Crippen LogP contribution in [0.5, 0.6) is 0 Å². The van der Waals surface area contributed by atoms with Gasteiger partial charge in [0, 0.05) is 19.3 Å². The molecule has 0 saturated carbocycles. The minimum absolute atomic E-state index is 0.346. The van der Waals surface area contributed by atoms with E-state index in [0.29, 0.717) is 18.2 Å². The normalized spacial score (nSPS) is 19.5. The summed E-state index contributed by atoms with van der Waals surface area (Å²) in [7, 11) is 0. The molecule has 0 bridgehead atoms. The monoisotopic (exact) mass is 329 g/mol. The first-order chi connectivity index (χ1) is 11.7. The molecular weight excluding hydrogens is 302 g/mol. The Balaban J connectivity index is 1.83. The van der Waals surface area contributed by atoms with E-state index in [4.69, 9.17) is 11.5 Å². The van der Waals surface area contributed by atoms with Gasteiger partial charge in [-0.05, 0) is 62.0 Å². The number of hydrogen-bond acceptors (Lipinski definition) is 4. The van der Waals surface area contributed by atoms with Crippen LogP contribution in [0, 0.1) is 5.92 Å². The van der Waals surface area contributed by atoms with Crippen LogP contribution in [0.4, 0.5) is 5.69 Å². The molecule has 24 heavy (non-hydrogen) atoms. The fourth-order valence-corrected chi connectivity index (χ4v) is 2.93. The van der Waals surface area contributed by atoms with Crippen LogP contribution in [-0.4, -0.2) is 43.3 Å². The minimum Gasteiger partial charge on any atom is -0.384 e. The van der Waals surface area contributed by atoms with E-state index in [2.05, 4.69) is 27.3 Å². The molecule has 1 unspecified atom stereocenters. The SMILES string of the molecule is NCC1CCCN(CCc2ccc(N=C(N)/C=C\NC=O)cc2)C1. The molecule has 6 heteroatoms. The molecule has 1 fully saturated rings. The summed E-state index contributed by atoms with van der Waals surface area (Å²) in [6.07, 6.45) is 7.12. The molecule has 0 radical (unpaired) electrons. The number of carbonyl (C=O) groups is 1. The molecule has 1 aromatic rings. The number of nitrogens with zero attached hydrogens (tertiary/aromatic N) is 2. The predicted octanol–water partition coefficient (Wildman–Crippen LogP) is 1.15. The second kappa shape index (κ2) is 9.85. The van der Waals surface area contributed by atoms with Crippen molar-refractivity contribution in [3.8, 4) is 0 Å². The molecule has 1 aromatic carbocycles. The Morgan fingerprint density at radius 1 is 1.38 bits per heavy atom. The highest BCUT2D eigenvalue weighted by Gasteiger charge is 2.17. The van der Waals surface area contributed by atoms with Gasteiger partial charge in [-0.25, -0.2) is 4.99 Å². The lowest BCUT2D eigenvalue weighted by Gasteiger charge is -2.32. The zero-order valence-corrected chi connectivity index (χ0v) is 14.0. The number of nitrogens with one attached hydrogen (secondary N) is 1. The Kier molecular flexibility index (Phi) is 7.45. The van der Waals surface area contributed by atoms with Crippen molar-refractivity contribution in [2.45, 2.75) is 19.3 Å². The molecule has 0 spiro atoms. The van der Waals surface area contributed by atoms with Crippen LogP contribution in [0.2, 0.25) is 0 Å². The van der Waals surface area contributed by atoms with E-state index in [1.807, 2.05) is 12.1 Å². The lowest BCUT2D eigenvalue weighted by atomic mass is 9.98. The van der Waals surface area contributed by atoms with Crippen LogP contribution in [0.15, 0.2) is 41.5 Å². The number of hydrogen-bond donors (Lipinski definition) is 3. The molecule has 0 aromatic heterocycles. The highest BCUT2D eigenvalue weighted by atomic mass is 16.1. The first-order valence-electron chi connectivity index (χ1n) is 8.43. The van der Waals surface area contributed by atoms with Crippen LogP contribution >= 0.6 is 0 Å². The van der Waals surface area contributed by atoms with Crippen molar-refractivity contribution in [1.82, 2.24) is 10.2 Å². The average Bonchev–Trinajstić information content (AvgIpc) is 2.61. The van der Waals surface area contributed by atoms with Crippen molar-refractivity contribution in [2.24, 2.45) is 22.4 Å². The van der Waals surface area contributed by atoms with E-state index in [-0.39, 0.29) is 0 Å². The summed E-state index contributed by atoms with van der Waals surface area (Å²) in [5.41, 5.74) is 13.6. The van der Waals surface area contributed by atoms with E-state index in [1.54, 1.807) is 6.08 Å². The van der Waals surface area contributed by atoms with Gasteiger partial charge in [0.25, 0.3) is 0 Å². The number of aliphatic imine (C=N–C) groups is 1. The summed E-state index contributed by atoms with van der Waals surface area (Å²) in [5, 5.41) is 2.39. The molecule has 5 N–H and O–H groups in total. The van der Waals surface area contributed by atoms with Gasteiger partial charge in [0.2, 0.25) is 6.41 Å². The van der Waals surface area contributed by atoms with E-state index in [1.165, 1.54) is 31.1 Å². The lowest BCUT2D eigenvalue weighted by Crippen LogP contribution is -2.39. The van der Waals surface area contributed by atoms with Gasteiger partial charge in [-0.1, -0.05) is 12.1 Å². The maximum absolute atomic E-state index is 10.1. The van der Waals surface area contributed by atoms with Gasteiger partial charge in [0.15, 0.2) is 0 Å². The zero-order valence-electron chi connectivity index (χ0n) is 14.0. The third-order valence-electron chi connectivity index (χ3n) is 4.27. The van der Waals surface area contributed by atoms with Crippen LogP contribution in [0.3, 0.4) is 0 Å². The summed E-state index contributed by atoms with van der Waals surface area (Å²) >= 11 is 0. The number of amidine groups is 1. The molecule has 1 atom stereocenters. The lowest BCUT2D eigenvalue weighted by molar-refractivity contribution is -0.108.